The first-order valence-electron chi connectivity index (χ1n) is 8.30. The maximum atomic E-state index is 5.11. The van der Waals surface area contributed by atoms with E-state index in [-0.39, 0.29) is 0 Å². The fourth-order valence-corrected chi connectivity index (χ4v) is 5.37. The standard InChI is InChI=1S/C16H28N2S/c1-2-14(13-8-4-3-5-9-13)17-15-18-16(12-19-15)10-6-7-11-16/h13-14H,2-12H2,1H3,(H,17,18). The minimum Gasteiger partial charge on any atom is -0.359 e. The summed E-state index contributed by atoms with van der Waals surface area (Å²) in [5.41, 5.74) is 0.425. The fourth-order valence-electron chi connectivity index (χ4n) is 4.10. The van der Waals surface area contributed by atoms with Crippen LogP contribution in [0.4, 0.5) is 0 Å². The van der Waals surface area contributed by atoms with Crippen LogP contribution in [-0.2, 0) is 0 Å². The summed E-state index contributed by atoms with van der Waals surface area (Å²) in [6.07, 6.45) is 13.9. The Bertz CT molecular complexity index is 328. The SMILES string of the molecule is CCC(N=C1NC2(CCCC2)CS1)C1CCCCC1. The first kappa shape index (κ1) is 13.8. The van der Waals surface area contributed by atoms with Crippen molar-refractivity contribution in [2.75, 3.05) is 5.75 Å². The molecule has 1 N–H and O–H groups in total. The molecule has 1 heterocycles. The number of rotatable bonds is 3. The summed E-state index contributed by atoms with van der Waals surface area (Å²) in [6.45, 7) is 2.31. The zero-order valence-corrected chi connectivity index (χ0v) is 13.1. The zero-order valence-electron chi connectivity index (χ0n) is 12.3. The summed E-state index contributed by atoms with van der Waals surface area (Å²) in [6, 6.07) is 0.576. The Morgan fingerprint density at radius 3 is 2.63 bits per heavy atom. The molecule has 0 aromatic rings. The Balaban J connectivity index is 1.63. The van der Waals surface area contributed by atoms with Crippen LogP contribution in [0.5, 0.6) is 0 Å². The molecule has 19 heavy (non-hydrogen) atoms. The Kier molecular flexibility index (Phi) is 4.40. The van der Waals surface area contributed by atoms with Crippen molar-refractivity contribution in [2.45, 2.75) is 82.7 Å². The molecule has 3 fully saturated rings. The van der Waals surface area contributed by atoms with Gasteiger partial charge in [0, 0.05) is 11.3 Å². The van der Waals surface area contributed by atoms with Gasteiger partial charge in [-0.2, -0.15) is 0 Å². The molecule has 0 aromatic heterocycles. The molecule has 1 unspecified atom stereocenters. The van der Waals surface area contributed by atoms with E-state index in [0.29, 0.717) is 11.6 Å². The largest absolute Gasteiger partial charge is 0.359 e. The summed E-state index contributed by atoms with van der Waals surface area (Å²) in [5, 5.41) is 5.05. The van der Waals surface area contributed by atoms with Gasteiger partial charge in [0.15, 0.2) is 5.17 Å². The molecule has 108 valence electrons. The fraction of sp³-hybridized carbons (Fsp3) is 0.938. The molecule has 0 bridgehead atoms. The Morgan fingerprint density at radius 2 is 1.95 bits per heavy atom. The number of nitrogens with one attached hydrogen (secondary N) is 1. The molecule has 0 amide bonds. The molecule has 1 saturated heterocycles. The lowest BCUT2D eigenvalue weighted by Gasteiger charge is -2.27. The molecule has 3 heteroatoms. The molecule has 2 nitrogen and oxygen atoms in total. The minimum atomic E-state index is 0.425. The highest BCUT2D eigenvalue weighted by Crippen LogP contribution is 2.38. The average Bonchev–Trinajstić information content (AvgIpc) is 3.08. The van der Waals surface area contributed by atoms with E-state index in [2.05, 4.69) is 12.2 Å². The van der Waals surface area contributed by atoms with Crippen LogP contribution in [0.3, 0.4) is 0 Å². The van der Waals surface area contributed by atoms with Gasteiger partial charge < -0.3 is 5.32 Å². The van der Waals surface area contributed by atoms with Crippen LogP contribution >= 0.6 is 11.8 Å². The van der Waals surface area contributed by atoms with Crippen molar-refractivity contribution >= 4 is 16.9 Å². The highest BCUT2D eigenvalue weighted by atomic mass is 32.2. The van der Waals surface area contributed by atoms with Crippen molar-refractivity contribution in [2.24, 2.45) is 10.9 Å². The van der Waals surface area contributed by atoms with Gasteiger partial charge in [-0.25, -0.2) is 0 Å². The molecular weight excluding hydrogens is 252 g/mol. The lowest BCUT2D eigenvalue weighted by molar-refractivity contribution is 0.301. The molecule has 1 aliphatic heterocycles. The summed E-state index contributed by atoms with van der Waals surface area (Å²) >= 11 is 1.99. The maximum Gasteiger partial charge on any atom is 0.157 e. The summed E-state index contributed by atoms with van der Waals surface area (Å²) in [4.78, 5) is 5.11. The van der Waals surface area contributed by atoms with E-state index in [9.17, 15) is 0 Å². The smallest absolute Gasteiger partial charge is 0.157 e. The van der Waals surface area contributed by atoms with Crippen molar-refractivity contribution in [3.8, 4) is 0 Å². The summed E-state index contributed by atoms with van der Waals surface area (Å²) < 4.78 is 0. The van der Waals surface area contributed by atoms with E-state index >= 15 is 0 Å². The highest BCUT2D eigenvalue weighted by Gasteiger charge is 2.39. The van der Waals surface area contributed by atoms with Crippen LogP contribution < -0.4 is 5.32 Å². The van der Waals surface area contributed by atoms with E-state index < -0.39 is 0 Å². The van der Waals surface area contributed by atoms with Crippen LogP contribution in [0.15, 0.2) is 4.99 Å². The quantitative estimate of drug-likeness (QED) is 0.831. The third-order valence-corrected chi connectivity index (χ3v) is 6.49. The number of thioether (sulfide) groups is 1. The molecule has 2 aliphatic carbocycles. The molecule has 1 atom stereocenters. The van der Waals surface area contributed by atoms with Gasteiger partial charge in [0.25, 0.3) is 0 Å². The first-order valence-corrected chi connectivity index (χ1v) is 9.29. The van der Waals surface area contributed by atoms with Crippen LogP contribution in [-0.4, -0.2) is 22.5 Å². The molecule has 1 spiro atoms. The van der Waals surface area contributed by atoms with E-state index in [0.717, 1.165) is 5.92 Å². The lowest BCUT2D eigenvalue weighted by Crippen LogP contribution is -2.41. The average molecular weight is 280 g/mol. The normalized spacial score (nSPS) is 30.9. The molecule has 2 saturated carbocycles. The van der Waals surface area contributed by atoms with E-state index in [1.54, 1.807) is 0 Å². The third-order valence-electron chi connectivity index (χ3n) is 5.31. The zero-order chi connectivity index (χ0) is 13.1. The van der Waals surface area contributed by atoms with Gasteiger partial charge in [0.2, 0.25) is 0 Å². The van der Waals surface area contributed by atoms with Gasteiger partial charge in [-0.15, -0.1) is 0 Å². The highest BCUT2D eigenvalue weighted by molar-refractivity contribution is 8.14. The van der Waals surface area contributed by atoms with Crippen molar-refractivity contribution in [1.82, 2.24) is 5.32 Å². The first-order chi connectivity index (χ1) is 9.31. The van der Waals surface area contributed by atoms with Crippen molar-refractivity contribution in [3.63, 3.8) is 0 Å². The monoisotopic (exact) mass is 280 g/mol. The van der Waals surface area contributed by atoms with E-state index in [4.69, 9.17) is 4.99 Å². The second-order valence-electron chi connectivity index (χ2n) is 6.71. The number of hydrogen-bond donors (Lipinski definition) is 1. The van der Waals surface area contributed by atoms with Gasteiger partial charge in [0.05, 0.1) is 6.04 Å². The molecule has 3 rings (SSSR count). The summed E-state index contributed by atoms with van der Waals surface area (Å²) in [7, 11) is 0. The van der Waals surface area contributed by atoms with Crippen molar-refractivity contribution in [1.29, 1.82) is 0 Å². The molecular formula is C16H28N2S. The topological polar surface area (TPSA) is 24.4 Å². The van der Waals surface area contributed by atoms with Gasteiger partial charge in [-0.1, -0.05) is 50.8 Å². The van der Waals surface area contributed by atoms with Gasteiger partial charge in [-0.3, -0.25) is 4.99 Å². The lowest BCUT2D eigenvalue weighted by atomic mass is 9.83. The van der Waals surface area contributed by atoms with E-state index in [1.165, 1.54) is 75.1 Å². The van der Waals surface area contributed by atoms with Crippen molar-refractivity contribution in [3.05, 3.63) is 0 Å². The van der Waals surface area contributed by atoms with Crippen LogP contribution in [0.25, 0.3) is 0 Å². The second-order valence-corrected chi connectivity index (χ2v) is 7.67. The maximum absolute atomic E-state index is 5.11. The van der Waals surface area contributed by atoms with Gasteiger partial charge in [0.1, 0.15) is 0 Å². The van der Waals surface area contributed by atoms with Crippen molar-refractivity contribution < 1.29 is 0 Å². The van der Waals surface area contributed by atoms with E-state index in [1.807, 2.05) is 11.8 Å². The third kappa shape index (κ3) is 3.12. The van der Waals surface area contributed by atoms with Gasteiger partial charge >= 0.3 is 0 Å². The number of amidine groups is 1. The molecule has 0 radical (unpaired) electrons. The molecule has 3 aliphatic rings. The van der Waals surface area contributed by atoms with Crippen LogP contribution in [0.1, 0.15) is 71.1 Å². The second kappa shape index (κ2) is 6.07. The van der Waals surface area contributed by atoms with Gasteiger partial charge in [-0.05, 0) is 38.0 Å². The predicted octanol–water partition coefficient (Wildman–Crippen LogP) is 4.35. The number of hydrogen-bond acceptors (Lipinski definition) is 2. The molecule has 0 aromatic carbocycles. The number of aliphatic imine (C=N–C) groups is 1. The van der Waals surface area contributed by atoms with Crippen LogP contribution in [0.2, 0.25) is 0 Å². The minimum absolute atomic E-state index is 0.425. The summed E-state index contributed by atoms with van der Waals surface area (Å²) in [5.74, 6) is 2.11. The predicted molar refractivity (Wildman–Crippen MR) is 84.9 cm³/mol. The Morgan fingerprint density at radius 1 is 1.21 bits per heavy atom. The Labute approximate surface area is 122 Å². The number of nitrogens with zero attached hydrogens (tertiary/aromatic N) is 1. The van der Waals surface area contributed by atoms with Crippen LogP contribution in [0, 0.1) is 5.92 Å². The Hall–Kier alpha value is -0.180.